The first-order chi connectivity index (χ1) is 7.46. The van der Waals surface area contributed by atoms with Gasteiger partial charge in [-0.2, -0.15) is 13.2 Å². The third-order valence-corrected chi connectivity index (χ3v) is 2.86. The van der Waals surface area contributed by atoms with Gasteiger partial charge in [0.1, 0.15) is 0 Å². The highest BCUT2D eigenvalue weighted by Crippen LogP contribution is 2.41. The van der Waals surface area contributed by atoms with Gasteiger partial charge in [-0.05, 0) is 34.7 Å². The molecule has 0 aliphatic carbocycles. The van der Waals surface area contributed by atoms with Crippen LogP contribution in [0, 0.1) is 0 Å². The van der Waals surface area contributed by atoms with Crippen LogP contribution >= 0.6 is 11.8 Å². The second-order valence-electron chi connectivity index (χ2n) is 3.29. The Morgan fingerprint density at radius 2 is 1.75 bits per heavy atom. The van der Waals surface area contributed by atoms with E-state index in [0.29, 0.717) is 16.5 Å². The van der Waals surface area contributed by atoms with E-state index in [2.05, 4.69) is 0 Å². The minimum Gasteiger partial charge on any atom is -0.399 e. The fourth-order valence-electron chi connectivity index (χ4n) is 1.51. The molecule has 0 spiro atoms. The molecule has 1 nitrogen and oxygen atoms in total. The van der Waals surface area contributed by atoms with Crippen molar-refractivity contribution in [1.82, 2.24) is 0 Å². The number of hydrogen-bond acceptors (Lipinski definition) is 2. The molecule has 2 aromatic carbocycles. The largest absolute Gasteiger partial charge is 0.446 e. The molecule has 84 valence electrons. The maximum absolute atomic E-state index is 12.3. The van der Waals surface area contributed by atoms with Crippen LogP contribution < -0.4 is 5.73 Å². The number of hydrogen-bond donors (Lipinski definition) is 1. The standard InChI is InChI=1S/C11H8F3NS/c12-11(13,14)16-10-6-8(15)5-7-3-1-2-4-9(7)10/h1-6H,15H2. The van der Waals surface area contributed by atoms with E-state index < -0.39 is 5.51 Å². The monoisotopic (exact) mass is 243 g/mol. The van der Waals surface area contributed by atoms with Gasteiger partial charge < -0.3 is 5.73 Å². The van der Waals surface area contributed by atoms with Gasteiger partial charge in [-0.1, -0.05) is 24.3 Å². The van der Waals surface area contributed by atoms with Crippen LogP contribution in [-0.4, -0.2) is 5.51 Å². The first-order valence-electron chi connectivity index (χ1n) is 4.50. The predicted molar refractivity (Wildman–Crippen MR) is 60.3 cm³/mol. The zero-order valence-electron chi connectivity index (χ0n) is 8.08. The molecule has 0 aliphatic heterocycles. The van der Waals surface area contributed by atoms with Gasteiger partial charge in [-0.3, -0.25) is 0 Å². The average Bonchev–Trinajstić information content (AvgIpc) is 2.14. The molecule has 0 unspecified atom stereocenters. The van der Waals surface area contributed by atoms with Crippen molar-refractivity contribution in [2.45, 2.75) is 10.4 Å². The van der Waals surface area contributed by atoms with Crippen molar-refractivity contribution < 1.29 is 13.2 Å². The molecule has 0 aliphatic rings. The summed E-state index contributed by atoms with van der Waals surface area (Å²) in [5.74, 6) is 0. The molecule has 0 saturated carbocycles. The molecule has 2 aromatic rings. The Hall–Kier alpha value is -1.36. The summed E-state index contributed by atoms with van der Waals surface area (Å²) in [6.07, 6.45) is 0. The van der Waals surface area contributed by atoms with E-state index in [9.17, 15) is 13.2 Å². The summed E-state index contributed by atoms with van der Waals surface area (Å²) in [5, 5.41) is 1.29. The lowest BCUT2D eigenvalue weighted by molar-refractivity contribution is -0.0327. The molecule has 16 heavy (non-hydrogen) atoms. The van der Waals surface area contributed by atoms with E-state index in [1.54, 1.807) is 30.3 Å². The van der Waals surface area contributed by atoms with Gasteiger partial charge in [0, 0.05) is 10.6 Å². The topological polar surface area (TPSA) is 26.0 Å². The summed E-state index contributed by atoms with van der Waals surface area (Å²) in [6, 6.07) is 9.88. The van der Waals surface area contributed by atoms with Crippen LogP contribution in [0.4, 0.5) is 18.9 Å². The fraction of sp³-hybridized carbons (Fsp3) is 0.0909. The van der Waals surface area contributed by atoms with Crippen LogP contribution in [0.15, 0.2) is 41.3 Å². The lowest BCUT2D eigenvalue weighted by Crippen LogP contribution is -2.00. The van der Waals surface area contributed by atoms with Gasteiger partial charge >= 0.3 is 5.51 Å². The normalized spacial score (nSPS) is 11.9. The van der Waals surface area contributed by atoms with Crippen LogP contribution in [-0.2, 0) is 0 Å². The molecule has 2 rings (SSSR count). The minimum absolute atomic E-state index is 0.136. The molecule has 0 atom stereocenters. The van der Waals surface area contributed by atoms with Gasteiger partial charge in [0.05, 0.1) is 0 Å². The van der Waals surface area contributed by atoms with Crippen LogP contribution in [0.2, 0.25) is 0 Å². The zero-order chi connectivity index (χ0) is 11.8. The van der Waals surface area contributed by atoms with Gasteiger partial charge in [-0.25, -0.2) is 0 Å². The Balaban J connectivity index is 2.59. The molecule has 0 heterocycles. The Morgan fingerprint density at radius 1 is 1.06 bits per heavy atom. The molecule has 0 bridgehead atoms. The number of nitrogens with two attached hydrogens (primary N) is 1. The van der Waals surface area contributed by atoms with E-state index in [1.807, 2.05) is 0 Å². The smallest absolute Gasteiger partial charge is 0.399 e. The first kappa shape index (κ1) is 11.1. The molecule has 0 aromatic heterocycles. The Kier molecular flexibility index (Phi) is 2.71. The molecule has 5 heteroatoms. The molecule has 0 radical (unpaired) electrons. The Labute approximate surface area is 94.4 Å². The quantitative estimate of drug-likeness (QED) is 0.604. The molecule has 0 fully saturated rings. The van der Waals surface area contributed by atoms with E-state index in [4.69, 9.17) is 5.73 Å². The number of thioether (sulfide) groups is 1. The van der Waals surface area contributed by atoms with Crippen LogP contribution in [0.5, 0.6) is 0 Å². The number of anilines is 1. The maximum Gasteiger partial charge on any atom is 0.446 e. The van der Waals surface area contributed by atoms with E-state index in [-0.39, 0.29) is 16.7 Å². The number of nitrogen functional groups attached to an aromatic ring is 1. The average molecular weight is 243 g/mol. The Morgan fingerprint density at radius 3 is 2.44 bits per heavy atom. The van der Waals surface area contributed by atoms with Crippen molar-refractivity contribution in [2.75, 3.05) is 5.73 Å². The van der Waals surface area contributed by atoms with Crippen LogP contribution in [0.1, 0.15) is 0 Å². The van der Waals surface area contributed by atoms with Crippen molar-refractivity contribution in [2.24, 2.45) is 0 Å². The molecular weight excluding hydrogens is 235 g/mol. The van der Waals surface area contributed by atoms with E-state index in [1.165, 1.54) is 6.07 Å². The van der Waals surface area contributed by atoms with Crippen molar-refractivity contribution in [3.63, 3.8) is 0 Å². The molecular formula is C11H8F3NS. The predicted octanol–water partition coefficient (Wildman–Crippen LogP) is 4.03. The summed E-state index contributed by atoms with van der Waals surface area (Å²) in [6.45, 7) is 0. The van der Waals surface area contributed by atoms with Crippen LogP contribution in [0.25, 0.3) is 10.8 Å². The summed E-state index contributed by atoms with van der Waals surface area (Å²) in [4.78, 5) is 0.142. The summed E-state index contributed by atoms with van der Waals surface area (Å²) in [5.41, 5.74) is 1.61. The van der Waals surface area contributed by atoms with Gasteiger partial charge in [0.25, 0.3) is 0 Å². The number of rotatable bonds is 1. The van der Waals surface area contributed by atoms with E-state index >= 15 is 0 Å². The lowest BCUT2D eigenvalue weighted by Gasteiger charge is -2.09. The number of halogens is 3. The van der Waals surface area contributed by atoms with Crippen molar-refractivity contribution in [3.05, 3.63) is 36.4 Å². The molecule has 2 N–H and O–H groups in total. The number of fused-ring (bicyclic) bond motifs is 1. The van der Waals surface area contributed by atoms with Crippen LogP contribution in [0.3, 0.4) is 0 Å². The third kappa shape index (κ3) is 2.41. The lowest BCUT2D eigenvalue weighted by atomic mass is 10.1. The maximum atomic E-state index is 12.3. The van der Waals surface area contributed by atoms with Gasteiger partial charge in [0.2, 0.25) is 0 Å². The van der Waals surface area contributed by atoms with Crippen molar-refractivity contribution >= 4 is 28.2 Å². The highest BCUT2D eigenvalue weighted by Gasteiger charge is 2.30. The zero-order valence-corrected chi connectivity index (χ0v) is 8.90. The highest BCUT2D eigenvalue weighted by atomic mass is 32.2. The van der Waals surface area contributed by atoms with Crippen molar-refractivity contribution in [1.29, 1.82) is 0 Å². The summed E-state index contributed by atoms with van der Waals surface area (Å²) < 4.78 is 37.0. The number of benzene rings is 2. The molecule has 0 saturated heterocycles. The Bertz CT molecular complexity index is 522. The third-order valence-electron chi connectivity index (χ3n) is 2.07. The fourth-order valence-corrected chi connectivity index (χ4v) is 2.25. The highest BCUT2D eigenvalue weighted by molar-refractivity contribution is 8.00. The summed E-state index contributed by atoms with van der Waals surface area (Å²) in [7, 11) is 0. The van der Waals surface area contributed by atoms with Crippen molar-refractivity contribution in [3.8, 4) is 0 Å². The SMILES string of the molecule is Nc1cc(SC(F)(F)F)c2ccccc2c1. The number of alkyl halides is 3. The van der Waals surface area contributed by atoms with Gasteiger partial charge in [0.15, 0.2) is 0 Å². The van der Waals surface area contributed by atoms with Gasteiger partial charge in [-0.15, -0.1) is 0 Å². The second kappa shape index (κ2) is 3.90. The molecule has 0 amide bonds. The minimum atomic E-state index is -4.30. The summed E-state index contributed by atoms with van der Waals surface area (Å²) >= 11 is -0.136. The second-order valence-corrected chi connectivity index (χ2v) is 4.39. The van der Waals surface area contributed by atoms with E-state index in [0.717, 1.165) is 0 Å². The first-order valence-corrected chi connectivity index (χ1v) is 5.31.